The standard InChI is InChI=1S/C15H13FN2O2/c1-9-2-7-13(12(16)8-9)18-15(20)11-5-3-10(4-6-11)14(17)19/h2-8H,1H3,(H2,17,19)(H,18,20). The highest BCUT2D eigenvalue weighted by Gasteiger charge is 2.10. The number of primary amides is 1. The van der Waals surface area contributed by atoms with E-state index in [-0.39, 0.29) is 5.69 Å². The van der Waals surface area contributed by atoms with Gasteiger partial charge in [0.25, 0.3) is 5.91 Å². The van der Waals surface area contributed by atoms with Gasteiger partial charge in [-0.25, -0.2) is 4.39 Å². The van der Waals surface area contributed by atoms with Crippen molar-refractivity contribution in [3.63, 3.8) is 0 Å². The second kappa shape index (κ2) is 5.52. The van der Waals surface area contributed by atoms with Crippen molar-refractivity contribution in [3.05, 3.63) is 65.0 Å². The molecule has 0 fully saturated rings. The Hall–Kier alpha value is -2.69. The summed E-state index contributed by atoms with van der Waals surface area (Å²) in [5, 5.41) is 2.47. The SMILES string of the molecule is Cc1ccc(NC(=O)c2ccc(C(N)=O)cc2)c(F)c1. The largest absolute Gasteiger partial charge is 0.366 e. The van der Waals surface area contributed by atoms with E-state index >= 15 is 0 Å². The van der Waals surface area contributed by atoms with Crippen molar-refractivity contribution >= 4 is 17.5 Å². The van der Waals surface area contributed by atoms with Gasteiger partial charge in [-0.3, -0.25) is 9.59 Å². The normalized spacial score (nSPS) is 10.1. The number of halogens is 1. The van der Waals surface area contributed by atoms with Crippen molar-refractivity contribution in [2.75, 3.05) is 5.32 Å². The monoisotopic (exact) mass is 272 g/mol. The molecule has 2 aromatic carbocycles. The van der Waals surface area contributed by atoms with Gasteiger partial charge in [-0.2, -0.15) is 0 Å². The minimum atomic E-state index is -0.568. The summed E-state index contributed by atoms with van der Waals surface area (Å²) in [4.78, 5) is 22.9. The molecule has 0 saturated heterocycles. The number of anilines is 1. The van der Waals surface area contributed by atoms with Crippen molar-refractivity contribution in [1.82, 2.24) is 0 Å². The van der Waals surface area contributed by atoms with E-state index in [9.17, 15) is 14.0 Å². The van der Waals surface area contributed by atoms with Gasteiger partial charge in [0.2, 0.25) is 5.91 Å². The Labute approximate surface area is 115 Å². The van der Waals surface area contributed by atoms with Crippen LogP contribution >= 0.6 is 0 Å². The Morgan fingerprint density at radius 3 is 2.20 bits per heavy atom. The molecule has 0 aromatic heterocycles. The fourth-order valence-electron chi connectivity index (χ4n) is 1.70. The zero-order valence-electron chi connectivity index (χ0n) is 10.8. The fraction of sp³-hybridized carbons (Fsp3) is 0.0667. The van der Waals surface area contributed by atoms with E-state index < -0.39 is 17.6 Å². The van der Waals surface area contributed by atoms with Gasteiger partial charge in [0.15, 0.2) is 0 Å². The average Bonchev–Trinajstić information content (AvgIpc) is 2.42. The number of benzene rings is 2. The lowest BCUT2D eigenvalue weighted by Crippen LogP contribution is -2.14. The van der Waals surface area contributed by atoms with Crippen LogP contribution in [0.15, 0.2) is 42.5 Å². The Balaban J connectivity index is 2.17. The van der Waals surface area contributed by atoms with Gasteiger partial charge >= 0.3 is 0 Å². The van der Waals surface area contributed by atoms with Crippen LogP contribution in [0.3, 0.4) is 0 Å². The summed E-state index contributed by atoms with van der Waals surface area (Å²) in [5.74, 6) is -1.52. The number of amides is 2. The zero-order valence-corrected chi connectivity index (χ0v) is 10.8. The summed E-state index contributed by atoms with van der Waals surface area (Å²) in [5.41, 5.74) is 6.61. The van der Waals surface area contributed by atoms with Crippen LogP contribution in [0, 0.1) is 12.7 Å². The van der Waals surface area contributed by atoms with Gasteiger partial charge in [-0.05, 0) is 48.9 Å². The molecule has 102 valence electrons. The molecule has 0 atom stereocenters. The molecule has 2 rings (SSSR count). The molecule has 0 saturated carbocycles. The van der Waals surface area contributed by atoms with Crippen LogP contribution in [0.2, 0.25) is 0 Å². The third-order valence-corrected chi connectivity index (χ3v) is 2.80. The topological polar surface area (TPSA) is 72.2 Å². The van der Waals surface area contributed by atoms with Crippen LogP contribution in [-0.4, -0.2) is 11.8 Å². The summed E-state index contributed by atoms with van der Waals surface area (Å²) in [7, 11) is 0. The van der Waals surface area contributed by atoms with E-state index in [4.69, 9.17) is 5.73 Å². The van der Waals surface area contributed by atoms with Gasteiger partial charge < -0.3 is 11.1 Å². The summed E-state index contributed by atoms with van der Waals surface area (Å²) >= 11 is 0. The van der Waals surface area contributed by atoms with Crippen molar-refractivity contribution in [1.29, 1.82) is 0 Å². The maximum Gasteiger partial charge on any atom is 0.255 e. The molecule has 20 heavy (non-hydrogen) atoms. The van der Waals surface area contributed by atoms with Crippen molar-refractivity contribution in [3.8, 4) is 0 Å². The van der Waals surface area contributed by atoms with Gasteiger partial charge in [0.1, 0.15) is 5.82 Å². The Morgan fingerprint density at radius 2 is 1.65 bits per heavy atom. The molecule has 4 nitrogen and oxygen atoms in total. The predicted molar refractivity (Wildman–Crippen MR) is 74.1 cm³/mol. The summed E-state index contributed by atoms with van der Waals surface area (Å²) in [6.45, 7) is 1.76. The molecule has 0 aliphatic rings. The molecule has 2 amide bonds. The van der Waals surface area contributed by atoms with Gasteiger partial charge in [-0.1, -0.05) is 6.07 Å². The highest BCUT2D eigenvalue weighted by atomic mass is 19.1. The first kappa shape index (κ1) is 13.7. The van der Waals surface area contributed by atoms with Crippen LogP contribution < -0.4 is 11.1 Å². The van der Waals surface area contributed by atoms with Crippen LogP contribution in [0.5, 0.6) is 0 Å². The van der Waals surface area contributed by atoms with Crippen molar-refractivity contribution in [2.24, 2.45) is 5.73 Å². The minimum Gasteiger partial charge on any atom is -0.366 e. The Kier molecular flexibility index (Phi) is 3.79. The van der Waals surface area contributed by atoms with Gasteiger partial charge in [0, 0.05) is 11.1 Å². The highest BCUT2D eigenvalue weighted by molar-refractivity contribution is 6.05. The predicted octanol–water partition coefficient (Wildman–Crippen LogP) is 2.49. The van der Waals surface area contributed by atoms with Crippen molar-refractivity contribution in [2.45, 2.75) is 6.92 Å². The number of rotatable bonds is 3. The maximum atomic E-state index is 13.6. The minimum absolute atomic E-state index is 0.111. The van der Waals surface area contributed by atoms with E-state index in [0.29, 0.717) is 11.1 Å². The van der Waals surface area contributed by atoms with Gasteiger partial charge in [-0.15, -0.1) is 0 Å². The maximum absolute atomic E-state index is 13.6. The third kappa shape index (κ3) is 3.00. The smallest absolute Gasteiger partial charge is 0.255 e. The second-order valence-electron chi connectivity index (χ2n) is 4.38. The molecule has 0 unspecified atom stereocenters. The summed E-state index contributed by atoms with van der Waals surface area (Å²) in [6, 6.07) is 10.4. The molecule has 2 aromatic rings. The van der Waals surface area contributed by atoms with E-state index in [2.05, 4.69) is 5.32 Å². The quantitative estimate of drug-likeness (QED) is 0.901. The van der Waals surface area contributed by atoms with E-state index in [1.807, 2.05) is 0 Å². The number of nitrogens with one attached hydrogen (secondary N) is 1. The van der Waals surface area contributed by atoms with Gasteiger partial charge in [0.05, 0.1) is 5.69 Å². The average molecular weight is 272 g/mol. The molecule has 0 aliphatic carbocycles. The van der Waals surface area contributed by atoms with Crippen LogP contribution in [0.25, 0.3) is 0 Å². The first-order valence-corrected chi connectivity index (χ1v) is 5.95. The van der Waals surface area contributed by atoms with Crippen LogP contribution in [-0.2, 0) is 0 Å². The molecule has 5 heteroatoms. The lowest BCUT2D eigenvalue weighted by Gasteiger charge is -2.07. The molecule has 0 heterocycles. The summed E-state index contributed by atoms with van der Waals surface area (Å²) in [6.07, 6.45) is 0. The Bertz CT molecular complexity index is 666. The third-order valence-electron chi connectivity index (χ3n) is 2.80. The highest BCUT2D eigenvalue weighted by Crippen LogP contribution is 2.16. The number of carbonyl (C=O) groups is 2. The molecular weight excluding hydrogens is 259 g/mol. The molecule has 0 aliphatic heterocycles. The number of aryl methyl sites for hydroxylation is 1. The molecule has 3 N–H and O–H groups in total. The van der Waals surface area contributed by atoms with Crippen LogP contribution in [0.4, 0.5) is 10.1 Å². The molecular formula is C15H13FN2O2. The van der Waals surface area contributed by atoms with E-state index in [1.165, 1.54) is 36.4 Å². The Morgan fingerprint density at radius 1 is 1.05 bits per heavy atom. The zero-order chi connectivity index (χ0) is 14.7. The van der Waals surface area contributed by atoms with Crippen molar-refractivity contribution < 1.29 is 14.0 Å². The first-order valence-electron chi connectivity index (χ1n) is 5.95. The van der Waals surface area contributed by atoms with Crippen LogP contribution in [0.1, 0.15) is 26.3 Å². The molecule has 0 radical (unpaired) electrons. The van der Waals surface area contributed by atoms with E-state index in [0.717, 1.165) is 5.56 Å². The molecule has 0 bridgehead atoms. The summed E-state index contributed by atoms with van der Waals surface area (Å²) < 4.78 is 13.6. The number of hydrogen-bond donors (Lipinski definition) is 2. The first-order chi connectivity index (χ1) is 9.47. The fourth-order valence-corrected chi connectivity index (χ4v) is 1.70. The lowest BCUT2D eigenvalue weighted by molar-refractivity contribution is 0.0995. The lowest BCUT2D eigenvalue weighted by atomic mass is 10.1. The molecule has 0 spiro atoms. The number of carbonyl (C=O) groups excluding carboxylic acids is 2. The number of hydrogen-bond acceptors (Lipinski definition) is 2. The van der Waals surface area contributed by atoms with E-state index in [1.54, 1.807) is 13.0 Å². The number of nitrogens with two attached hydrogens (primary N) is 1. The second-order valence-corrected chi connectivity index (χ2v) is 4.38.